The molecule has 1 N–H and O–H groups in total. The van der Waals surface area contributed by atoms with Crippen LogP contribution in [-0.4, -0.2) is 36.1 Å². The first-order valence-corrected chi connectivity index (χ1v) is 15.9. The molecule has 2 heterocycles. The summed E-state index contributed by atoms with van der Waals surface area (Å²) >= 11 is 8.59. The Morgan fingerprint density at radius 2 is 1.76 bits per heavy atom. The number of esters is 1. The number of benzene rings is 2. The highest BCUT2D eigenvalue weighted by Gasteiger charge is 2.44. The highest BCUT2D eigenvalue weighted by molar-refractivity contribution is 8.00. The number of anilines is 2. The number of fused-ring (bicyclic) bond motifs is 1. The van der Waals surface area contributed by atoms with E-state index >= 15 is 0 Å². The first kappa shape index (κ1) is 30.3. The van der Waals surface area contributed by atoms with Gasteiger partial charge in [0.05, 0.1) is 24.3 Å². The zero-order valence-corrected chi connectivity index (χ0v) is 26.4. The summed E-state index contributed by atoms with van der Waals surface area (Å²) in [6, 6.07) is 14.3. The van der Waals surface area contributed by atoms with Gasteiger partial charge in [0.25, 0.3) is 0 Å². The predicted molar refractivity (Wildman–Crippen MR) is 168 cm³/mol. The van der Waals surface area contributed by atoms with Gasteiger partial charge in [0, 0.05) is 26.9 Å². The monoisotopic (exact) mass is 624 g/mol. The fraction of sp³-hybridized carbons (Fsp3) is 0.375. The third-order valence-electron chi connectivity index (χ3n) is 7.86. The summed E-state index contributed by atoms with van der Waals surface area (Å²) in [5.41, 5.74) is 2.87. The quantitative estimate of drug-likeness (QED) is 0.226. The van der Waals surface area contributed by atoms with Gasteiger partial charge in [-0.05, 0) is 78.1 Å². The number of carbonyl (C=O) groups excluding carboxylic acids is 4. The summed E-state index contributed by atoms with van der Waals surface area (Å²) < 4.78 is 5.10. The summed E-state index contributed by atoms with van der Waals surface area (Å²) in [6.07, 6.45) is 2.73. The number of thioether (sulfide) groups is 1. The molecule has 0 saturated carbocycles. The number of nitrogens with one attached hydrogen (secondary N) is 1. The van der Waals surface area contributed by atoms with E-state index in [1.807, 2.05) is 24.3 Å². The number of halogens is 1. The normalized spacial score (nSPS) is 18.6. The molecule has 0 bridgehead atoms. The van der Waals surface area contributed by atoms with Crippen LogP contribution in [0.25, 0.3) is 0 Å². The van der Waals surface area contributed by atoms with Crippen LogP contribution in [0, 0.1) is 11.3 Å². The van der Waals surface area contributed by atoms with E-state index in [0.29, 0.717) is 27.2 Å². The maximum Gasteiger partial charge on any atom is 0.341 e. The maximum absolute atomic E-state index is 13.6. The minimum absolute atomic E-state index is 0.0386. The molecule has 7 nitrogen and oxygen atoms in total. The molecule has 10 heteroatoms. The lowest BCUT2D eigenvalue weighted by Crippen LogP contribution is -2.32. The predicted octanol–water partition coefficient (Wildman–Crippen LogP) is 6.94. The molecule has 1 aromatic heterocycles. The van der Waals surface area contributed by atoms with Crippen LogP contribution in [-0.2, 0) is 38.4 Å². The lowest BCUT2D eigenvalue weighted by molar-refractivity contribution is -0.121. The second kappa shape index (κ2) is 12.2. The van der Waals surface area contributed by atoms with Gasteiger partial charge < -0.3 is 10.1 Å². The van der Waals surface area contributed by atoms with Crippen molar-refractivity contribution < 1.29 is 23.9 Å². The van der Waals surface area contributed by atoms with Crippen molar-refractivity contribution in [2.24, 2.45) is 11.3 Å². The Morgan fingerprint density at radius 3 is 2.40 bits per heavy atom. The molecule has 1 fully saturated rings. The van der Waals surface area contributed by atoms with E-state index in [4.69, 9.17) is 16.3 Å². The number of thiophene rings is 1. The highest BCUT2D eigenvalue weighted by Crippen LogP contribution is 2.47. The number of nitrogens with zero attached hydrogens (tertiary/aromatic N) is 1. The smallest absolute Gasteiger partial charge is 0.341 e. The maximum atomic E-state index is 13.6. The fourth-order valence-corrected chi connectivity index (χ4v) is 8.08. The first-order chi connectivity index (χ1) is 19.9. The van der Waals surface area contributed by atoms with Crippen LogP contribution in [0.1, 0.15) is 60.0 Å². The van der Waals surface area contributed by atoms with Crippen LogP contribution in [0.5, 0.6) is 0 Å². The van der Waals surface area contributed by atoms with E-state index < -0.39 is 11.2 Å². The molecule has 0 spiro atoms. The van der Waals surface area contributed by atoms with E-state index in [0.717, 1.165) is 40.2 Å². The van der Waals surface area contributed by atoms with Gasteiger partial charge >= 0.3 is 5.97 Å². The molecule has 2 aromatic carbocycles. The van der Waals surface area contributed by atoms with Gasteiger partial charge in [0.2, 0.25) is 17.7 Å². The van der Waals surface area contributed by atoms with Gasteiger partial charge in [-0.2, -0.15) is 0 Å². The Morgan fingerprint density at radius 1 is 1.07 bits per heavy atom. The number of imide groups is 1. The average Bonchev–Trinajstić information content (AvgIpc) is 3.45. The van der Waals surface area contributed by atoms with Gasteiger partial charge in [0.1, 0.15) is 5.00 Å². The molecule has 1 saturated heterocycles. The third-order valence-corrected chi connectivity index (χ3v) is 10.6. The topological polar surface area (TPSA) is 92.8 Å². The van der Waals surface area contributed by atoms with Gasteiger partial charge in [-0.3, -0.25) is 14.4 Å². The molecule has 2 aliphatic rings. The standard InChI is InChI=1S/C32H33ClN2O5S2/c1-32(2,3)19-7-14-23-24(16-19)42-30(28(23)31(39)40-4)35-27(37)17-25(29(35)38)41-22-12-10-21(11-13-22)34-26(36)15-18-5-8-20(33)9-6-18/h5-6,8-13,19,25H,7,14-17H2,1-4H3,(H,34,36)/t19-,25-/m1/s1. The molecule has 5 rings (SSSR count). The lowest BCUT2D eigenvalue weighted by atomic mass is 9.72. The number of methoxy groups -OCH3 is 1. The summed E-state index contributed by atoms with van der Waals surface area (Å²) in [5.74, 6) is -0.873. The third kappa shape index (κ3) is 6.43. The second-order valence-corrected chi connectivity index (χ2v) is 14.5. The summed E-state index contributed by atoms with van der Waals surface area (Å²) in [6.45, 7) is 6.65. The van der Waals surface area contributed by atoms with Crippen LogP contribution in [0.3, 0.4) is 0 Å². The number of amides is 3. The van der Waals surface area contributed by atoms with Crippen molar-refractivity contribution in [3.8, 4) is 0 Å². The summed E-state index contributed by atoms with van der Waals surface area (Å²) in [4.78, 5) is 55.2. The Labute approximate surface area is 259 Å². The van der Waals surface area contributed by atoms with Crippen LogP contribution in [0.4, 0.5) is 10.7 Å². The average molecular weight is 625 g/mol. The molecule has 42 heavy (non-hydrogen) atoms. The number of hydrogen-bond acceptors (Lipinski definition) is 7. The SMILES string of the molecule is COC(=O)c1c(N2C(=O)C[C@@H](Sc3ccc(NC(=O)Cc4ccc(Cl)cc4)cc3)C2=O)sc2c1CC[C@@H](C(C)(C)C)C2. The zero-order chi connectivity index (χ0) is 30.2. The lowest BCUT2D eigenvalue weighted by Gasteiger charge is -2.33. The second-order valence-electron chi connectivity index (χ2n) is 11.7. The molecule has 1 aliphatic carbocycles. The molecule has 3 amide bonds. The Hall–Kier alpha value is -3.14. The molecule has 2 atom stereocenters. The van der Waals surface area contributed by atoms with Crippen molar-refractivity contribution in [2.45, 2.75) is 63.0 Å². The van der Waals surface area contributed by atoms with Gasteiger partial charge in [-0.15, -0.1) is 23.1 Å². The Kier molecular flexibility index (Phi) is 8.83. The van der Waals surface area contributed by atoms with Gasteiger partial charge in [-0.1, -0.05) is 44.5 Å². The summed E-state index contributed by atoms with van der Waals surface area (Å²) in [7, 11) is 1.33. The van der Waals surface area contributed by atoms with Crippen molar-refractivity contribution >= 4 is 69.1 Å². The van der Waals surface area contributed by atoms with E-state index in [1.54, 1.807) is 24.3 Å². The van der Waals surface area contributed by atoms with Crippen LogP contribution >= 0.6 is 34.7 Å². The van der Waals surface area contributed by atoms with Crippen molar-refractivity contribution in [1.82, 2.24) is 0 Å². The Bertz CT molecular complexity index is 1530. The van der Waals surface area contributed by atoms with Crippen LogP contribution in [0.15, 0.2) is 53.4 Å². The van der Waals surface area contributed by atoms with E-state index in [-0.39, 0.29) is 36.0 Å². The van der Waals surface area contributed by atoms with E-state index in [9.17, 15) is 19.2 Å². The van der Waals surface area contributed by atoms with E-state index in [2.05, 4.69) is 26.1 Å². The molecule has 220 valence electrons. The molecule has 3 aromatic rings. The van der Waals surface area contributed by atoms with Crippen molar-refractivity contribution in [2.75, 3.05) is 17.3 Å². The van der Waals surface area contributed by atoms with Crippen molar-refractivity contribution in [3.05, 3.63) is 75.1 Å². The number of hydrogen-bond donors (Lipinski definition) is 1. The molecule has 1 aliphatic heterocycles. The first-order valence-electron chi connectivity index (χ1n) is 13.8. The van der Waals surface area contributed by atoms with E-state index in [1.165, 1.54) is 35.1 Å². The van der Waals surface area contributed by atoms with Gasteiger partial charge in [0.15, 0.2) is 0 Å². The van der Waals surface area contributed by atoms with Crippen molar-refractivity contribution in [1.29, 1.82) is 0 Å². The van der Waals surface area contributed by atoms with Crippen LogP contribution < -0.4 is 10.2 Å². The fourth-order valence-electron chi connectivity index (χ4n) is 5.46. The number of rotatable bonds is 7. The van der Waals surface area contributed by atoms with Crippen LogP contribution in [0.2, 0.25) is 5.02 Å². The summed E-state index contributed by atoms with van der Waals surface area (Å²) in [5, 5.41) is 3.26. The zero-order valence-electron chi connectivity index (χ0n) is 24.0. The minimum Gasteiger partial charge on any atom is -0.465 e. The molecular formula is C32H33ClN2O5S2. The van der Waals surface area contributed by atoms with Crippen molar-refractivity contribution in [3.63, 3.8) is 0 Å². The largest absolute Gasteiger partial charge is 0.465 e. The highest BCUT2D eigenvalue weighted by atomic mass is 35.5. The minimum atomic E-state index is -0.616. The molecular weight excluding hydrogens is 592 g/mol. The molecule has 0 radical (unpaired) electrons. The number of ether oxygens (including phenoxy) is 1. The molecule has 0 unspecified atom stereocenters. The Balaban J connectivity index is 1.28. The van der Waals surface area contributed by atoms with Gasteiger partial charge in [-0.25, -0.2) is 9.69 Å². The number of carbonyl (C=O) groups is 4.